The number of halogens is 1. The quantitative estimate of drug-likeness (QED) is 0.830. The normalized spacial score (nSPS) is 19.2. The van der Waals surface area contributed by atoms with Crippen LogP contribution in [0.4, 0.5) is 5.69 Å². The van der Waals surface area contributed by atoms with Crippen molar-refractivity contribution in [3.05, 3.63) is 28.8 Å². The number of nitrogens with one attached hydrogen (secondary N) is 1. The molecular formula is C12H15ClN2OS. The molecule has 1 saturated heterocycles. The molecule has 0 bridgehead atoms. The van der Waals surface area contributed by atoms with Gasteiger partial charge in [0.05, 0.1) is 10.6 Å². The maximum Gasteiger partial charge on any atom is 0.252 e. The van der Waals surface area contributed by atoms with Gasteiger partial charge in [0.15, 0.2) is 0 Å². The number of carbonyl (C=O) groups is 1. The molecule has 0 aliphatic carbocycles. The highest BCUT2D eigenvalue weighted by molar-refractivity contribution is 7.99. The molecule has 3 N–H and O–H groups in total. The first-order chi connectivity index (χ1) is 8.16. The monoisotopic (exact) mass is 270 g/mol. The molecule has 0 radical (unpaired) electrons. The number of hydrogen-bond donors (Lipinski definition) is 2. The van der Waals surface area contributed by atoms with E-state index < -0.39 is 0 Å². The third-order valence-electron chi connectivity index (χ3n) is 2.81. The van der Waals surface area contributed by atoms with Gasteiger partial charge in [-0.15, -0.1) is 0 Å². The zero-order valence-electron chi connectivity index (χ0n) is 9.41. The third kappa shape index (κ3) is 3.30. The Hall–Kier alpha value is -0.870. The van der Waals surface area contributed by atoms with E-state index in [2.05, 4.69) is 5.32 Å². The van der Waals surface area contributed by atoms with Gasteiger partial charge in [-0.25, -0.2) is 0 Å². The van der Waals surface area contributed by atoms with Gasteiger partial charge in [0.2, 0.25) is 0 Å². The Kier molecular flexibility index (Phi) is 4.18. The summed E-state index contributed by atoms with van der Waals surface area (Å²) in [7, 11) is 0. The summed E-state index contributed by atoms with van der Waals surface area (Å²) in [5.41, 5.74) is 6.65. The fourth-order valence-electron chi connectivity index (χ4n) is 1.79. The van der Waals surface area contributed by atoms with Gasteiger partial charge in [0.1, 0.15) is 0 Å². The lowest BCUT2D eigenvalue weighted by molar-refractivity contribution is 0.0948. The molecule has 5 heteroatoms. The van der Waals surface area contributed by atoms with Gasteiger partial charge in [-0.1, -0.05) is 11.6 Å². The van der Waals surface area contributed by atoms with E-state index in [1.807, 2.05) is 11.8 Å². The summed E-state index contributed by atoms with van der Waals surface area (Å²) in [5, 5.41) is 3.36. The second kappa shape index (κ2) is 5.65. The van der Waals surface area contributed by atoms with Crippen LogP contribution in [0, 0.1) is 5.92 Å². The molecule has 92 valence electrons. The molecule has 1 aromatic rings. The number of benzene rings is 1. The molecule has 1 heterocycles. The summed E-state index contributed by atoms with van der Waals surface area (Å²) in [6.07, 6.45) is 1.18. The summed E-state index contributed by atoms with van der Waals surface area (Å²) in [6.45, 7) is 0.719. The number of amides is 1. The number of anilines is 1. The number of nitrogens with two attached hydrogens (primary N) is 1. The van der Waals surface area contributed by atoms with Crippen molar-refractivity contribution in [1.29, 1.82) is 0 Å². The van der Waals surface area contributed by atoms with Crippen molar-refractivity contribution in [3.63, 3.8) is 0 Å². The van der Waals surface area contributed by atoms with Gasteiger partial charge in [-0.05, 0) is 42.0 Å². The van der Waals surface area contributed by atoms with Gasteiger partial charge in [0, 0.05) is 12.2 Å². The van der Waals surface area contributed by atoms with E-state index >= 15 is 0 Å². The second-order valence-corrected chi connectivity index (χ2v) is 5.74. The van der Waals surface area contributed by atoms with Crippen molar-refractivity contribution in [2.45, 2.75) is 6.42 Å². The summed E-state index contributed by atoms with van der Waals surface area (Å²) in [6, 6.07) is 4.95. The van der Waals surface area contributed by atoms with Crippen molar-refractivity contribution < 1.29 is 4.79 Å². The highest BCUT2D eigenvalue weighted by Gasteiger charge is 2.17. The van der Waals surface area contributed by atoms with E-state index in [-0.39, 0.29) is 5.91 Å². The molecule has 1 atom stereocenters. The average molecular weight is 271 g/mol. The highest BCUT2D eigenvalue weighted by Crippen LogP contribution is 2.23. The maximum absolute atomic E-state index is 11.9. The van der Waals surface area contributed by atoms with Crippen molar-refractivity contribution in [1.82, 2.24) is 5.32 Å². The molecule has 1 unspecified atom stereocenters. The summed E-state index contributed by atoms with van der Waals surface area (Å²) >= 11 is 7.90. The zero-order valence-corrected chi connectivity index (χ0v) is 11.0. The molecule has 1 aliphatic rings. The van der Waals surface area contributed by atoms with Crippen molar-refractivity contribution >= 4 is 35.0 Å². The molecule has 17 heavy (non-hydrogen) atoms. The van der Waals surface area contributed by atoms with Crippen LogP contribution in [-0.2, 0) is 0 Å². The van der Waals surface area contributed by atoms with Crippen LogP contribution in [0.2, 0.25) is 5.02 Å². The SMILES string of the molecule is Nc1ccc(Cl)c(C(=O)NCC2CCSC2)c1. The smallest absolute Gasteiger partial charge is 0.252 e. The minimum Gasteiger partial charge on any atom is -0.399 e. The molecule has 1 amide bonds. The number of carbonyl (C=O) groups excluding carboxylic acids is 1. The van der Waals surface area contributed by atoms with E-state index in [9.17, 15) is 4.79 Å². The number of thioether (sulfide) groups is 1. The fourth-order valence-corrected chi connectivity index (χ4v) is 3.28. The van der Waals surface area contributed by atoms with E-state index in [0.717, 1.165) is 12.3 Å². The first kappa shape index (κ1) is 12.6. The van der Waals surface area contributed by atoms with E-state index in [1.54, 1.807) is 18.2 Å². The van der Waals surface area contributed by atoms with Crippen LogP contribution in [0.5, 0.6) is 0 Å². The van der Waals surface area contributed by atoms with Gasteiger partial charge < -0.3 is 11.1 Å². The molecule has 2 rings (SSSR count). The maximum atomic E-state index is 11.9. The lowest BCUT2D eigenvalue weighted by Crippen LogP contribution is -2.29. The Morgan fingerprint density at radius 2 is 2.41 bits per heavy atom. The van der Waals surface area contributed by atoms with Crippen LogP contribution in [0.15, 0.2) is 18.2 Å². The predicted octanol–water partition coefficient (Wildman–Crippen LogP) is 2.41. The summed E-state index contributed by atoms with van der Waals surface area (Å²) in [4.78, 5) is 11.9. The Morgan fingerprint density at radius 3 is 3.12 bits per heavy atom. The van der Waals surface area contributed by atoms with E-state index in [4.69, 9.17) is 17.3 Å². The topological polar surface area (TPSA) is 55.1 Å². The van der Waals surface area contributed by atoms with Gasteiger partial charge >= 0.3 is 0 Å². The van der Waals surface area contributed by atoms with Crippen molar-refractivity contribution in [3.8, 4) is 0 Å². The van der Waals surface area contributed by atoms with E-state index in [1.165, 1.54) is 12.2 Å². The summed E-state index contributed by atoms with van der Waals surface area (Å²) in [5.74, 6) is 2.77. The molecule has 0 spiro atoms. The minimum atomic E-state index is -0.140. The Bertz CT molecular complexity index is 419. The van der Waals surface area contributed by atoms with Gasteiger partial charge in [-0.3, -0.25) is 4.79 Å². The molecule has 3 nitrogen and oxygen atoms in total. The lowest BCUT2D eigenvalue weighted by Gasteiger charge is -2.11. The average Bonchev–Trinajstić information content (AvgIpc) is 2.82. The second-order valence-electron chi connectivity index (χ2n) is 4.18. The Balaban J connectivity index is 1.96. The first-order valence-corrected chi connectivity index (χ1v) is 7.11. The first-order valence-electron chi connectivity index (χ1n) is 5.58. The minimum absolute atomic E-state index is 0.140. The molecule has 0 saturated carbocycles. The largest absolute Gasteiger partial charge is 0.399 e. The summed E-state index contributed by atoms with van der Waals surface area (Å²) < 4.78 is 0. The number of nitrogen functional groups attached to an aromatic ring is 1. The fraction of sp³-hybridized carbons (Fsp3) is 0.417. The Morgan fingerprint density at radius 1 is 1.59 bits per heavy atom. The van der Waals surface area contributed by atoms with Crippen molar-refractivity contribution in [2.75, 3.05) is 23.8 Å². The highest BCUT2D eigenvalue weighted by atomic mass is 35.5. The number of rotatable bonds is 3. The van der Waals surface area contributed by atoms with E-state index in [0.29, 0.717) is 22.2 Å². The van der Waals surface area contributed by atoms with Crippen LogP contribution in [0.3, 0.4) is 0 Å². The molecule has 1 aliphatic heterocycles. The number of hydrogen-bond acceptors (Lipinski definition) is 3. The van der Waals surface area contributed by atoms with Crippen LogP contribution in [0.1, 0.15) is 16.8 Å². The predicted molar refractivity (Wildman–Crippen MR) is 73.6 cm³/mol. The van der Waals surface area contributed by atoms with Crippen LogP contribution in [0.25, 0.3) is 0 Å². The molecule has 1 aromatic carbocycles. The molecule has 0 aromatic heterocycles. The van der Waals surface area contributed by atoms with Gasteiger partial charge in [0.25, 0.3) is 5.91 Å². The van der Waals surface area contributed by atoms with Crippen molar-refractivity contribution in [2.24, 2.45) is 5.92 Å². The standard InChI is InChI=1S/C12H15ClN2OS/c13-11-2-1-9(14)5-10(11)12(16)15-6-8-3-4-17-7-8/h1-2,5,8H,3-4,6-7,14H2,(H,15,16). The van der Waals surface area contributed by atoms with Crippen LogP contribution in [-0.4, -0.2) is 24.0 Å². The molecule has 1 fully saturated rings. The van der Waals surface area contributed by atoms with Crippen LogP contribution >= 0.6 is 23.4 Å². The molecular weight excluding hydrogens is 256 g/mol. The van der Waals surface area contributed by atoms with Gasteiger partial charge in [-0.2, -0.15) is 11.8 Å². The zero-order chi connectivity index (χ0) is 12.3. The Labute approximate surface area is 110 Å². The van der Waals surface area contributed by atoms with Crippen LogP contribution < -0.4 is 11.1 Å². The lowest BCUT2D eigenvalue weighted by atomic mass is 10.1. The third-order valence-corrected chi connectivity index (χ3v) is 4.37.